The van der Waals surface area contributed by atoms with Crippen LogP contribution in [0.5, 0.6) is 0 Å². The smallest absolute Gasteiger partial charge is 0.285 e. The van der Waals surface area contributed by atoms with Gasteiger partial charge in [-0.05, 0) is 23.2 Å². The summed E-state index contributed by atoms with van der Waals surface area (Å²) < 4.78 is 36.2. The predicted molar refractivity (Wildman–Crippen MR) is 43.4 cm³/mol. The van der Waals surface area contributed by atoms with E-state index in [4.69, 9.17) is 0 Å². The first-order valence-electron chi connectivity index (χ1n) is 3.84. The number of nitrogens with zero attached hydrogens (tertiary/aromatic N) is 2. The molecule has 0 aromatic heterocycles. The van der Waals surface area contributed by atoms with E-state index in [2.05, 4.69) is 21.0 Å². The Kier molecular flexibility index (Phi) is 2.24. The molecule has 7 heteroatoms. The van der Waals surface area contributed by atoms with Gasteiger partial charge in [0.05, 0.1) is 5.69 Å². The number of hydrogen-bond donors (Lipinski definition) is 0. The van der Waals surface area contributed by atoms with Crippen LogP contribution in [-0.2, 0) is 9.88 Å². The molecule has 1 aromatic rings. The molecule has 4 nitrogen and oxygen atoms in total. The summed E-state index contributed by atoms with van der Waals surface area (Å²) in [5, 5.41) is 3.73. The molecule has 1 aliphatic heterocycles. The lowest BCUT2D eigenvalue weighted by molar-refractivity contribution is -0.232. The molecule has 1 aromatic carbocycles. The van der Waals surface area contributed by atoms with Crippen LogP contribution in [0.1, 0.15) is 0 Å². The lowest BCUT2D eigenvalue weighted by Crippen LogP contribution is -2.22. The molecule has 1 heterocycles. The third-order valence-electron chi connectivity index (χ3n) is 1.53. The van der Waals surface area contributed by atoms with E-state index >= 15 is 0 Å². The maximum Gasteiger partial charge on any atom is 0.474 e. The molecule has 2 rings (SSSR count). The second kappa shape index (κ2) is 3.43. The summed E-state index contributed by atoms with van der Waals surface area (Å²) in [7, 11) is 0. The molecule has 0 saturated heterocycles. The summed E-state index contributed by atoms with van der Waals surface area (Å²) in [5.74, 6) is -1.43. The highest BCUT2D eigenvalue weighted by atomic mass is 19.4. The maximum absolute atomic E-state index is 12.1. The second-order valence-electron chi connectivity index (χ2n) is 2.59. The standard InChI is InChI=1S/C8H4F3N2O2/c9-8(10,11)7-12-13(15-14-7)6-4-2-1-3-5-6/h2-5H. The van der Waals surface area contributed by atoms with Crippen LogP contribution in [0.2, 0.25) is 0 Å². The van der Waals surface area contributed by atoms with Crippen LogP contribution < -0.4 is 5.17 Å². The number of rotatable bonds is 1. The van der Waals surface area contributed by atoms with Gasteiger partial charge in [0.2, 0.25) is 0 Å². The molecule has 1 radical (unpaired) electrons. The largest absolute Gasteiger partial charge is 0.474 e. The van der Waals surface area contributed by atoms with E-state index in [1.165, 1.54) is 24.3 Å². The normalized spacial score (nSPS) is 16.2. The van der Waals surface area contributed by atoms with Crippen molar-refractivity contribution in [1.29, 1.82) is 0 Å². The highest BCUT2D eigenvalue weighted by molar-refractivity contribution is 5.83. The van der Waals surface area contributed by atoms with E-state index in [1.54, 1.807) is 0 Å². The van der Waals surface area contributed by atoms with E-state index in [9.17, 15) is 13.2 Å². The molecule has 15 heavy (non-hydrogen) atoms. The number of anilines is 1. The van der Waals surface area contributed by atoms with Gasteiger partial charge in [0.25, 0.3) is 0 Å². The molecule has 0 unspecified atom stereocenters. The third kappa shape index (κ3) is 2.01. The van der Waals surface area contributed by atoms with Crippen molar-refractivity contribution in [2.24, 2.45) is 5.10 Å². The number of hydrogen-bond acceptors (Lipinski definition) is 4. The van der Waals surface area contributed by atoms with Crippen LogP contribution in [0.15, 0.2) is 29.4 Å². The zero-order chi connectivity index (χ0) is 10.9. The van der Waals surface area contributed by atoms with E-state index in [0.29, 0.717) is 10.9 Å². The Morgan fingerprint density at radius 3 is 2.47 bits per heavy atom. The molecular formula is C8H4F3N2O2. The van der Waals surface area contributed by atoms with Crippen LogP contribution in [0.3, 0.4) is 0 Å². The Morgan fingerprint density at radius 1 is 1.27 bits per heavy atom. The SMILES string of the molecule is FC(F)(F)C1=NN(c2cc[c]cc2)OO1. The first-order valence-corrected chi connectivity index (χ1v) is 3.84. The van der Waals surface area contributed by atoms with Crippen LogP contribution >= 0.6 is 0 Å². The summed E-state index contributed by atoms with van der Waals surface area (Å²) in [4.78, 5) is 8.20. The van der Waals surface area contributed by atoms with Crippen molar-refractivity contribution in [3.8, 4) is 0 Å². The van der Waals surface area contributed by atoms with E-state index < -0.39 is 12.1 Å². The summed E-state index contributed by atoms with van der Waals surface area (Å²) in [5.41, 5.74) is 0.313. The number of hydrazone groups is 1. The van der Waals surface area contributed by atoms with Gasteiger partial charge in [0.1, 0.15) is 0 Å². The van der Waals surface area contributed by atoms with Crippen molar-refractivity contribution in [3.05, 3.63) is 30.3 Å². The molecule has 0 aliphatic carbocycles. The Labute approximate surface area is 82.4 Å². The third-order valence-corrected chi connectivity index (χ3v) is 1.53. The average Bonchev–Trinajstić information content (AvgIpc) is 2.67. The Hall–Kier alpha value is -1.76. The van der Waals surface area contributed by atoms with Gasteiger partial charge in [-0.25, -0.2) is 0 Å². The Balaban J connectivity index is 2.20. The Morgan fingerprint density at radius 2 is 1.93 bits per heavy atom. The molecule has 0 N–H and O–H groups in total. The maximum atomic E-state index is 12.1. The quantitative estimate of drug-likeness (QED) is 0.675. The van der Waals surface area contributed by atoms with Crippen LogP contribution in [0.25, 0.3) is 0 Å². The zero-order valence-corrected chi connectivity index (χ0v) is 7.15. The van der Waals surface area contributed by atoms with Crippen molar-refractivity contribution < 1.29 is 23.0 Å². The summed E-state index contributed by atoms with van der Waals surface area (Å²) in [6, 6.07) is 8.69. The minimum absolute atomic E-state index is 0.313. The van der Waals surface area contributed by atoms with Gasteiger partial charge < -0.3 is 0 Å². The highest BCUT2D eigenvalue weighted by Gasteiger charge is 2.44. The van der Waals surface area contributed by atoms with E-state index in [1.807, 2.05) is 0 Å². The monoisotopic (exact) mass is 217 g/mol. The minimum atomic E-state index is -4.66. The molecule has 0 fully saturated rings. The molecule has 0 atom stereocenters. The molecule has 0 saturated carbocycles. The predicted octanol–water partition coefficient (Wildman–Crippen LogP) is 2.05. The molecule has 0 bridgehead atoms. The van der Waals surface area contributed by atoms with Crippen molar-refractivity contribution in [3.63, 3.8) is 0 Å². The van der Waals surface area contributed by atoms with Crippen molar-refractivity contribution >= 4 is 11.6 Å². The van der Waals surface area contributed by atoms with Crippen LogP contribution in [0, 0.1) is 6.07 Å². The van der Waals surface area contributed by atoms with Gasteiger partial charge in [-0.1, -0.05) is 22.4 Å². The van der Waals surface area contributed by atoms with Gasteiger partial charge in [0, 0.05) is 0 Å². The first kappa shape index (κ1) is 9.78. The molecule has 0 amide bonds. The molecular weight excluding hydrogens is 213 g/mol. The van der Waals surface area contributed by atoms with E-state index in [0.717, 1.165) is 0 Å². The fraction of sp³-hybridized carbons (Fsp3) is 0.125. The number of halogens is 3. The van der Waals surface area contributed by atoms with E-state index in [-0.39, 0.29) is 0 Å². The summed E-state index contributed by atoms with van der Waals surface area (Å²) in [6.07, 6.45) is -4.66. The van der Waals surface area contributed by atoms with Gasteiger partial charge in [-0.2, -0.15) is 13.2 Å². The van der Waals surface area contributed by atoms with Crippen LogP contribution in [0.4, 0.5) is 18.9 Å². The first-order chi connectivity index (χ1) is 7.07. The molecule has 79 valence electrons. The topological polar surface area (TPSA) is 34.1 Å². The Bertz CT molecular complexity index is 377. The fourth-order valence-corrected chi connectivity index (χ4v) is 0.897. The summed E-state index contributed by atoms with van der Waals surface area (Å²) in [6.45, 7) is 0. The molecule has 0 spiro atoms. The zero-order valence-electron chi connectivity index (χ0n) is 7.15. The van der Waals surface area contributed by atoms with Gasteiger partial charge in [-0.15, -0.1) is 0 Å². The van der Waals surface area contributed by atoms with Crippen molar-refractivity contribution in [2.75, 3.05) is 5.17 Å². The second-order valence-corrected chi connectivity index (χ2v) is 2.59. The van der Waals surface area contributed by atoms with Crippen LogP contribution in [-0.4, -0.2) is 12.1 Å². The van der Waals surface area contributed by atoms with Gasteiger partial charge in [0.15, 0.2) is 0 Å². The number of alkyl halides is 3. The highest BCUT2D eigenvalue weighted by Crippen LogP contribution is 2.25. The van der Waals surface area contributed by atoms with Crippen molar-refractivity contribution in [1.82, 2.24) is 0 Å². The van der Waals surface area contributed by atoms with Gasteiger partial charge in [-0.3, -0.25) is 4.89 Å². The number of benzene rings is 1. The average molecular weight is 217 g/mol. The van der Waals surface area contributed by atoms with Crippen molar-refractivity contribution in [2.45, 2.75) is 6.18 Å². The lowest BCUT2D eigenvalue weighted by Gasteiger charge is -2.06. The fourth-order valence-electron chi connectivity index (χ4n) is 0.897. The minimum Gasteiger partial charge on any atom is -0.285 e. The summed E-state index contributed by atoms with van der Waals surface area (Å²) >= 11 is 0. The lowest BCUT2D eigenvalue weighted by atomic mass is 10.3. The van der Waals surface area contributed by atoms with Gasteiger partial charge >= 0.3 is 12.1 Å². The molecule has 1 aliphatic rings.